The Balaban J connectivity index is 4.31. The first-order valence-corrected chi connectivity index (χ1v) is 29.7. The van der Waals surface area contributed by atoms with Crippen LogP contribution in [0.5, 0.6) is 0 Å². The third-order valence-corrected chi connectivity index (χ3v) is 13.5. The molecule has 0 saturated heterocycles. The second-order valence-electron chi connectivity index (χ2n) is 20.3. The molecule has 0 amide bonds. The third-order valence-electron chi connectivity index (χ3n) is 13.5. The summed E-state index contributed by atoms with van der Waals surface area (Å²) in [4.78, 5) is 38.2. The van der Waals surface area contributed by atoms with Gasteiger partial charge in [0.05, 0.1) is 0 Å². The Hall–Kier alpha value is -1.85. The van der Waals surface area contributed by atoms with Crippen LogP contribution in [-0.2, 0) is 28.6 Å². The quantitative estimate of drug-likeness (QED) is 0.0262. The molecule has 0 N–H and O–H groups in total. The second kappa shape index (κ2) is 55.7. The molecule has 0 rings (SSSR count). The molecule has 0 aliphatic rings. The van der Waals surface area contributed by atoms with E-state index in [1.165, 1.54) is 238 Å². The fourth-order valence-corrected chi connectivity index (χ4v) is 9.03. The summed E-state index contributed by atoms with van der Waals surface area (Å²) in [5.41, 5.74) is 0. The number of allylic oxidation sites excluding steroid dienone is 2. The average Bonchev–Trinajstić information content (AvgIpc) is 3.31. The van der Waals surface area contributed by atoms with E-state index in [9.17, 15) is 14.4 Å². The van der Waals surface area contributed by atoms with Crippen molar-refractivity contribution in [3.63, 3.8) is 0 Å². The zero-order valence-electron chi connectivity index (χ0n) is 44.7. The number of hydrogen-bond acceptors (Lipinski definition) is 6. The zero-order valence-corrected chi connectivity index (χ0v) is 44.7. The molecule has 0 saturated carbocycles. The number of rotatable bonds is 55. The molecule has 0 bridgehead atoms. The fourth-order valence-electron chi connectivity index (χ4n) is 9.03. The maximum atomic E-state index is 12.9. The molecule has 390 valence electrons. The van der Waals surface area contributed by atoms with Gasteiger partial charge in [-0.1, -0.05) is 283 Å². The Labute approximate surface area is 411 Å². The van der Waals surface area contributed by atoms with E-state index >= 15 is 0 Å². The van der Waals surface area contributed by atoms with Crippen LogP contribution < -0.4 is 0 Å². The minimum atomic E-state index is -0.766. The van der Waals surface area contributed by atoms with Gasteiger partial charge in [-0.05, 0) is 44.9 Å². The van der Waals surface area contributed by atoms with Gasteiger partial charge in [0.25, 0.3) is 0 Å². The summed E-state index contributed by atoms with van der Waals surface area (Å²) in [6.45, 7) is 6.69. The molecule has 0 aromatic heterocycles. The van der Waals surface area contributed by atoms with Crippen LogP contribution in [0, 0.1) is 0 Å². The number of carbonyl (C=O) groups excluding carboxylic acids is 3. The van der Waals surface area contributed by atoms with Crippen LogP contribution in [0.2, 0.25) is 0 Å². The second-order valence-corrected chi connectivity index (χ2v) is 20.3. The molecule has 0 aliphatic heterocycles. The number of unbranched alkanes of at least 4 members (excludes halogenated alkanes) is 42. The van der Waals surface area contributed by atoms with E-state index in [0.717, 1.165) is 57.8 Å². The molecule has 0 aliphatic carbocycles. The monoisotopic (exact) mass is 931 g/mol. The van der Waals surface area contributed by atoms with Crippen molar-refractivity contribution in [2.75, 3.05) is 13.2 Å². The summed E-state index contributed by atoms with van der Waals surface area (Å²) in [6, 6.07) is 0. The summed E-state index contributed by atoms with van der Waals surface area (Å²) in [6.07, 6.45) is 63.4. The van der Waals surface area contributed by atoms with Crippen LogP contribution in [0.15, 0.2) is 12.2 Å². The van der Waals surface area contributed by atoms with E-state index in [4.69, 9.17) is 14.2 Å². The van der Waals surface area contributed by atoms with E-state index in [1.807, 2.05) is 0 Å². The highest BCUT2D eigenvalue weighted by molar-refractivity contribution is 5.71. The maximum absolute atomic E-state index is 12.9. The molecule has 1 atom stereocenters. The van der Waals surface area contributed by atoms with Gasteiger partial charge < -0.3 is 14.2 Å². The summed E-state index contributed by atoms with van der Waals surface area (Å²) in [7, 11) is 0. The van der Waals surface area contributed by atoms with Crippen LogP contribution in [0.1, 0.15) is 335 Å². The van der Waals surface area contributed by atoms with Crippen molar-refractivity contribution >= 4 is 17.9 Å². The van der Waals surface area contributed by atoms with Crippen molar-refractivity contribution < 1.29 is 28.6 Å². The van der Waals surface area contributed by atoms with E-state index in [-0.39, 0.29) is 31.1 Å². The summed E-state index contributed by atoms with van der Waals surface area (Å²) in [5, 5.41) is 0. The Morgan fingerprint density at radius 2 is 0.500 bits per heavy atom. The number of ether oxygens (including phenoxy) is 3. The lowest BCUT2D eigenvalue weighted by molar-refractivity contribution is -0.167. The Bertz CT molecular complexity index is 1020. The summed E-state index contributed by atoms with van der Waals surface area (Å²) < 4.78 is 16.9. The van der Waals surface area contributed by atoms with Gasteiger partial charge >= 0.3 is 17.9 Å². The van der Waals surface area contributed by atoms with Crippen LogP contribution in [0.4, 0.5) is 0 Å². The van der Waals surface area contributed by atoms with Crippen molar-refractivity contribution in [2.45, 2.75) is 341 Å². The van der Waals surface area contributed by atoms with Gasteiger partial charge in [0.15, 0.2) is 6.10 Å². The van der Waals surface area contributed by atoms with Crippen molar-refractivity contribution in [3.05, 3.63) is 12.2 Å². The van der Waals surface area contributed by atoms with E-state index in [1.54, 1.807) is 0 Å². The third kappa shape index (κ3) is 53.1. The molecule has 0 aromatic carbocycles. The zero-order chi connectivity index (χ0) is 47.9. The van der Waals surface area contributed by atoms with Gasteiger partial charge in [0.2, 0.25) is 0 Å². The van der Waals surface area contributed by atoms with Gasteiger partial charge in [-0.25, -0.2) is 0 Å². The molecular weight excluding hydrogens is 817 g/mol. The molecule has 1 unspecified atom stereocenters. The maximum Gasteiger partial charge on any atom is 0.306 e. The highest BCUT2D eigenvalue weighted by Gasteiger charge is 2.19. The predicted octanol–water partition coefficient (Wildman–Crippen LogP) is 19.7. The standard InChI is InChI=1S/C60H114O6/c1-4-7-10-13-16-19-22-25-28-30-32-35-38-41-44-47-50-53-59(62)65-56-57(55-64-58(61)52-49-46-43-40-37-34-27-24-21-18-15-12-9-6-3)66-60(63)54-51-48-45-42-39-36-33-31-29-26-23-20-17-14-11-8-5-2/h25,28,57H,4-24,26-27,29-56H2,1-3H3/b28-25-. The van der Waals surface area contributed by atoms with Crippen molar-refractivity contribution in [3.8, 4) is 0 Å². The molecular formula is C60H114O6. The highest BCUT2D eigenvalue weighted by Crippen LogP contribution is 2.17. The molecule has 66 heavy (non-hydrogen) atoms. The number of esters is 3. The number of hydrogen-bond donors (Lipinski definition) is 0. The van der Waals surface area contributed by atoms with E-state index in [2.05, 4.69) is 32.9 Å². The molecule has 0 spiro atoms. The van der Waals surface area contributed by atoms with Crippen molar-refractivity contribution in [2.24, 2.45) is 0 Å². The largest absolute Gasteiger partial charge is 0.462 e. The van der Waals surface area contributed by atoms with Gasteiger partial charge in [-0.15, -0.1) is 0 Å². The molecule has 6 heteroatoms. The normalized spacial score (nSPS) is 12.0. The molecule has 6 nitrogen and oxygen atoms in total. The van der Waals surface area contributed by atoms with Crippen LogP contribution in [0.3, 0.4) is 0 Å². The minimum absolute atomic E-state index is 0.0651. The summed E-state index contributed by atoms with van der Waals surface area (Å²) >= 11 is 0. The Morgan fingerprint density at radius 3 is 0.758 bits per heavy atom. The lowest BCUT2D eigenvalue weighted by Gasteiger charge is -2.18. The first-order chi connectivity index (χ1) is 32.5. The Morgan fingerprint density at radius 1 is 0.288 bits per heavy atom. The fraction of sp³-hybridized carbons (Fsp3) is 0.917. The SMILES string of the molecule is CCCCCCCC/C=C\CCCCCCCCCC(=O)OCC(COC(=O)CCCCCCCCCCCCCCCC)OC(=O)CCCCCCCCCCCCCCCCCCC. The number of carbonyl (C=O) groups is 3. The van der Waals surface area contributed by atoms with E-state index in [0.29, 0.717) is 19.3 Å². The molecule has 0 heterocycles. The predicted molar refractivity (Wildman–Crippen MR) is 284 cm³/mol. The lowest BCUT2D eigenvalue weighted by Crippen LogP contribution is -2.30. The van der Waals surface area contributed by atoms with Crippen LogP contribution in [0.25, 0.3) is 0 Å². The molecule has 0 fully saturated rings. The van der Waals surface area contributed by atoms with Gasteiger partial charge in [0, 0.05) is 19.3 Å². The average molecular weight is 932 g/mol. The van der Waals surface area contributed by atoms with Crippen LogP contribution >= 0.6 is 0 Å². The van der Waals surface area contributed by atoms with Crippen molar-refractivity contribution in [1.82, 2.24) is 0 Å². The van der Waals surface area contributed by atoms with Crippen molar-refractivity contribution in [1.29, 1.82) is 0 Å². The van der Waals surface area contributed by atoms with E-state index < -0.39 is 6.10 Å². The lowest BCUT2D eigenvalue weighted by atomic mass is 10.0. The molecule has 0 aromatic rings. The van der Waals surface area contributed by atoms with Gasteiger partial charge in [-0.2, -0.15) is 0 Å². The van der Waals surface area contributed by atoms with Gasteiger partial charge in [0.1, 0.15) is 13.2 Å². The first kappa shape index (κ1) is 64.2. The highest BCUT2D eigenvalue weighted by atomic mass is 16.6. The van der Waals surface area contributed by atoms with Gasteiger partial charge in [-0.3, -0.25) is 14.4 Å². The topological polar surface area (TPSA) is 78.9 Å². The Kier molecular flexibility index (Phi) is 54.2. The van der Waals surface area contributed by atoms with Crippen LogP contribution in [-0.4, -0.2) is 37.2 Å². The minimum Gasteiger partial charge on any atom is -0.462 e. The first-order valence-electron chi connectivity index (χ1n) is 29.7. The molecule has 0 radical (unpaired) electrons. The smallest absolute Gasteiger partial charge is 0.306 e. The summed E-state index contributed by atoms with van der Waals surface area (Å²) in [5.74, 6) is -0.843.